The van der Waals surface area contributed by atoms with E-state index in [4.69, 9.17) is 21.1 Å². The van der Waals surface area contributed by atoms with Gasteiger partial charge >= 0.3 is 5.97 Å². The Morgan fingerprint density at radius 2 is 1.77 bits per heavy atom. The zero-order valence-electron chi connectivity index (χ0n) is 36.4. The van der Waals surface area contributed by atoms with Crippen molar-refractivity contribution in [1.82, 2.24) is 15.1 Å². The third-order valence-corrected chi connectivity index (χ3v) is 14.6. The number of rotatable bonds is 22. The first kappa shape index (κ1) is 48.6. The molecule has 3 heterocycles. The normalized spacial score (nSPS) is 15.7. The molecule has 1 aliphatic carbocycles. The molecular formula is C47H58ClN5O9S2. The number of piperidine rings is 1. The van der Waals surface area contributed by atoms with Crippen molar-refractivity contribution in [2.75, 3.05) is 64.6 Å². The number of likely N-dealkylation sites (tertiary alicyclic amines) is 1. The predicted molar refractivity (Wildman–Crippen MR) is 251 cm³/mol. The molecule has 6 N–H and O–H groups in total. The molecule has 2 aromatic carbocycles. The van der Waals surface area contributed by atoms with Gasteiger partial charge in [-0.15, -0.1) is 22.7 Å². The van der Waals surface area contributed by atoms with Crippen LogP contribution in [0.5, 0.6) is 11.5 Å². The number of nitrogens with one attached hydrogen (secondary N) is 3. The van der Waals surface area contributed by atoms with E-state index in [2.05, 4.69) is 20.9 Å². The Morgan fingerprint density at radius 1 is 1.06 bits per heavy atom. The van der Waals surface area contributed by atoms with E-state index in [9.17, 15) is 34.5 Å². The van der Waals surface area contributed by atoms with E-state index in [-0.39, 0.29) is 48.6 Å². The molecule has 0 bridgehead atoms. The van der Waals surface area contributed by atoms with Crippen molar-refractivity contribution >= 4 is 75.8 Å². The summed E-state index contributed by atoms with van der Waals surface area (Å²) in [6, 6.07) is 13.6. The van der Waals surface area contributed by atoms with Crippen molar-refractivity contribution in [3.05, 3.63) is 96.8 Å². The van der Waals surface area contributed by atoms with E-state index in [0.717, 1.165) is 38.8 Å². The number of aldehydes is 1. The van der Waals surface area contributed by atoms with Gasteiger partial charge in [0, 0.05) is 70.3 Å². The maximum atomic E-state index is 13.4. The van der Waals surface area contributed by atoms with Crippen molar-refractivity contribution < 1.29 is 44.0 Å². The smallest absolute Gasteiger partial charge is 0.349 e. The van der Waals surface area contributed by atoms with Crippen molar-refractivity contribution in [1.29, 1.82) is 0 Å². The van der Waals surface area contributed by atoms with Crippen molar-refractivity contribution in [3.63, 3.8) is 0 Å². The molecule has 2 fully saturated rings. The average molecular weight is 937 g/mol. The van der Waals surface area contributed by atoms with Gasteiger partial charge in [-0.1, -0.05) is 29.8 Å². The van der Waals surface area contributed by atoms with Crippen LogP contribution in [0.25, 0.3) is 6.08 Å². The summed E-state index contributed by atoms with van der Waals surface area (Å²) < 4.78 is 11.5. The molecule has 1 atom stereocenters. The highest BCUT2D eigenvalue weighted by Crippen LogP contribution is 2.51. The highest BCUT2D eigenvalue weighted by molar-refractivity contribution is 7.12. The number of allylic oxidation sites excluding steroid dienone is 1. The molecule has 0 radical (unpaired) electrons. The molecule has 2 aromatic heterocycles. The number of hydrogen-bond donors (Lipinski definition) is 6. The average Bonchev–Trinajstić information content (AvgIpc) is 4.04. The maximum Gasteiger partial charge on any atom is 0.349 e. The van der Waals surface area contributed by atoms with Crippen LogP contribution in [0.3, 0.4) is 0 Å². The van der Waals surface area contributed by atoms with Gasteiger partial charge in [0.1, 0.15) is 23.9 Å². The van der Waals surface area contributed by atoms with E-state index in [0.29, 0.717) is 87.2 Å². The van der Waals surface area contributed by atoms with Crippen molar-refractivity contribution in [3.8, 4) is 11.5 Å². The number of methoxy groups -OCH3 is 1. The first-order valence-corrected chi connectivity index (χ1v) is 23.6. The molecule has 1 saturated carbocycles. The molecule has 17 heteroatoms. The Labute approximate surface area is 387 Å². The summed E-state index contributed by atoms with van der Waals surface area (Å²) in [5.41, 5.74) is 0.846. The number of aromatic hydroxyl groups is 1. The van der Waals surface area contributed by atoms with Crippen molar-refractivity contribution in [2.45, 2.75) is 75.7 Å². The number of carbonyl (C=O) groups is 4. The number of aliphatic hydroxyl groups excluding tert-OH is 1. The van der Waals surface area contributed by atoms with Crippen LogP contribution in [-0.4, -0.2) is 109 Å². The summed E-state index contributed by atoms with van der Waals surface area (Å²) in [5.74, 6) is -0.283. The van der Waals surface area contributed by atoms with Crippen LogP contribution < -0.4 is 20.7 Å². The lowest BCUT2D eigenvalue weighted by Crippen LogP contribution is -2.52. The van der Waals surface area contributed by atoms with Gasteiger partial charge in [-0.25, -0.2) is 4.79 Å². The zero-order chi connectivity index (χ0) is 45.9. The summed E-state index contributed by atoms with van der Waals surface area (Å²) in [6.07, 6.45) is 7.67. The quantitative estimate of drug-likeness (QED) is 0.0157. The Bertz CT molecular complexity index is 2200. The number of thiophene rings is 2. The van der Waals surface area contributed by atoms with Gasteiger partial charge in [0.2, 0.25) is 17.4 Å². The number of anilines is 2. The minimum absolute atomic E-state index is 0.0110. The molecule has 14 nitrogen and oxygen atoms in total. The Hall–Kier alpha value is -4.81. The Morgan fingerprint density at radius 3 is 2.39 bits per heavy atom. The van der Waals surface area contributed by atoms with Gasteiger partial charge in [0.05, 0.1) is 39.4 Å². The van der Waals surface area contributed by atoms with Gasteiger partial charge in [0.15, 0.2) is 0 Å². The van der Waals surface area contributed by atoms with Crippen LogP contribution in [0.15, 0.2) is 65.4 Å². The lowest BCUT2D eigenvalue weighted by Gasteiger charge is -2.51. The number of hydrogen-bond acceptors (Lipinski definition) is 14. The topological polar surface area (TPSA) is 190 Å². The number of nitrogens with zero attached hydrogens (tertiary/aromatic N) is 2. The van der Waals surface area contributed by atoms with Gasteiger partial charge in [-0.05, 0) is 110 Å². The van der Waals surface area contributed by atoms with Crippen molar-refractivity contribution in [2.24, 2.45) is 5.41 Å². The van der Waals surface area contributed by atoms with Crippen LogP contribution in [0, 0.1) is 5.41 Å². The second kappa shape index (κ2) is 22.4. The van der Waals surface area contributed by atoms with E-state index in [1.54, 1.807) is 49.3 Å². The molecule has 2 aliphatic rings. The van der Waals surface area contributed by atoms with Gasteiger partial charge in [-0.3, -0.25) is 14.4 Å². The fraction of sp³-hybridized carbons (Fsp3) is 0.447. The maximum absolute atomic E-state index is 13.4. The third-order valence-electron chi connectivity index (χ3n) is 12.3. The number of unbranched alkanes of at least 4 members (excludes halogenated alkanes) is 1. The summed E-state index contributed by atoms with van der Waals surface area (Å²) in [5, 5.41) is 45.8. The molecule has 1 unspecified atom stereocenters. The SMILES string of the molecule is CNc1c(O)ccc(C(O)CNCc2cc(Cl)c(NC(=O)CCCCN(C)C(=O)CCN3CCC4(CC3)CC(OC(=O)C(O)(c3cccs3)c3cccs3)C4)cc2OC)c1/C=C\C=O. The molecule has 1 saturated heterocycles. The lowest BCUT2D eigenvalue weighted by atomic mass is 9.61. The van der Waals surface area contributed by atoms with Gasteiger partial charge < -0.3 is 50.5 Å². The minimum atomic E-state index is -1.80. The fourth-order valence-electron chi connectivity index (χ4n) is 8.56. The monoisotopic (exact) mass is 935 g/mol. The second-order valence-electron chi connectivity index (χ2n) is 16.5. The number of ether oxygens (including phenoxy) is 2. The number of amides is 2. The molecule has 344 valence electrons. The highest BCUT2D eigenvalue weighted by Gasteiger charge is 2.51. The minimum Gasteiger partial charge on any atom is -0.506 e. The molecular weight excluding hydrogens is 878 g/mol. The van der Waals surface area contributed by atoms with E-state index in [1.165, 1.54) is 48.0 Å². The van der Waals surface area contributed by atoms with Crippen LogP contribution in [0.2, 0.25) is 5.02 Å². The fourth-order valence-corrected chi connectivity index (χ4v) is 10.5. The standard InChI is InChI=1S/C47H58ClN5O9S2/c1-49-44-34(9-6-22-54)33(13-14-37(44)55)38(56)30-50-29-31-25-35(48)36(26-39(31)61-3)51-42(57)12-4-5-18-52(2)43(58)15-19-53-20-16-46(17-21-53)27-32(28-46)62-45(59)47(60,40-10-7-23-63-40)41-11-8-24-64-41/h6-11,13-14,22-26,32,38,49-50,55-56,60H,4-5,12,15-21,27-30H2,1-3H3,(H,51,57)/b9-6-. The molecule has 6 rings (SSSR count). The second-order valence-corrected chi connectivity index (χ2v) is 18.8. The number of aliphatic hydroxyl groups is 2. The van der Waals surface area contributed by atoms with E-state index >= 15 is 0 Å². The largest absolute Gasteiger partial charge is 0.506 e. The van der Waals surface area contributed by atoms with Crippen LogP contribution in [0.4, 0.5) is 11.4 Å². The van der Waals surface area contributed by atoms with Crippen LogP contribution >= 0.6 is 34.3 Å². The number of phenolic OH excluding ortho intramolecular Hbond substituents is 1. The Kier molecular flexibility index (Phi) is 17.0. The van der Waals surface area contributed by atoms with Gasteiger partial charge in [-0.2, -0.15) is 0 Å². The number of carbonyl (C=O) groups excluding carboxylic acids is 4. The highest BCUT2D eigenvalue weighted by atomic mass is 35.5. The van der Waals surface area contributed by atoms with Crippen LogP contribution in [-0.2, 0) is 36.1 Å². The number of phenols is 1. The first-order valence-electron chi connectivity index (χ1n) is 21.5. The lowest BCUT2D eigenvalue weighted by molar-refractivity contribution is -0.181. The predicted octanol–water partition coefficient (Wildman–Crippen LogP) is 6.94. The molecule has 1 spiro atoms. The summed E-state index contributed by atoms with van der Waals surface area (Å²) >= 11 is 9.26. The summed E-state index contributed by atoms with van der Waals surface area (Å²) in [6.45, 7) is 3.40. The number of benzene rings is 2. The van der Waals surface area contributed by atoms with E-state index < -0.39 is 17.7 Å². The molecule has 1 aliphatic heterocycles. The van der Waals surface area contributed by atoms with E-state index in [1.807, 2.05) is 22.9 Å². The van der Waals surface area contributed by atoms with Crippen LogP contribution in [0.1, 0.15) is 83.9 Å². The summed E-state index contributed by atoms with van der Waals surface area (Å²) in [4.78, 5) is 55.4. The molecule has 2 amide bonds. The number of esters is 1. The Balaban J connectivity index is 0.864. The molecule has 64 heavy (non-hydrogen) atoms. The number of halogens is 1. The first-order chi connectivity index (χ1) is 30.8. The summed E-state index contributed by atoms with van der Waals surface area (Å²) in [7, 11) is 4.95. The van der Waals surface area contributed by atoms with Gasteiger partial charge in [0.25, 0.3) is 0 Å². The molecule has 4 aromatic rings. The zero-order valence-corrected chi connectivity index (χ0v) is 38.8. The third kappa shape index (κ3) is 11.7.